The molecule has 1 atom stereocenters. The predicted octanol–water partition coefficient (Wildman–Crippen LogP) is -0.388. The molecule has 0 spiro atoms. The zero-order chi connectivity index (χ0) is 12.0. The summed E-state index contributed by atoms with van der Waals surface area (Å²) in [7, 11) is 0. The third-order valence-electron chi connectivity index (χ3n) is 3.26. The third kappa shape index (κ3) is 1.59. The van der Waals surface area contributed by atoms with Crippen LogP contribution in [0.3, 0.4) is 0 Å². The molecular formula is C11H14N4OS. The summed E-state index contributed by atoms with van der Waals surface area (Å²) in [5.41, 5.74) is 11.7. The topological polar surface area (TPSA) is 84.7 Å². The molecule has 0 saturated carbocycles. The van der Waals surface area contributed by atoms with Gasteiger partial charge in [0.1, 0.15) is 15.7 Å². The van der Waals surface area contributed by atoms with Crippen molar-refractivity contribution < 1.29 is 4.79 Å². The standard InChI is InChI=1S/C11H14N4OS/c12-8-6-5-15-4-2-1-3-7(15)14-11(6)17-9(8)10(13)16/h5,7H,1-4,12H2,(H2,13,16). The van der Waals surface area contributed by atoms with Crippen molar-refractivity contribution in [1.29, 1.82) is 0 Å². The number of thiophene rings is 1. The van der Waals surface area contributed by atoms with Crippen LogP contribution in [0.5, 0.6) is 0 Å². The van der Waals surface area contributed by atoms with Crippen LogP contribution in [0.25, 0.3) is 6.20 Å². The first-order valence-electron chi connectivity index (χ1n) is 5.70. The molecule has 17 heavy (non-hydrogen) atoms. The summed E-state index contributed by atoms with van der Waals surface area (Å²) in [5.74, 6) is -0.469. The highest BCUT2D eigenvalue weighted by molar-refractivity contribution is 7.12. The Bertz CT molecular complexity index is 591. The molecule has 1 aromatic heterocycles. The summed E-state index contributed by atoms with van der Waals surface area (Å²) < 4.78 is 0.847. The number of hydrogen-bond acceptors (Lipinski definition) is 5. The SMILES string of the molecule is NC(=O)c1sc2c(c1N)=CN1CCCCC1N=2. The van der Waals surface area contributed by atoms with Crippen molar-refractivity contribution in [2.45, 2.75) is 25.4 Å². The van der Waals surface area contributed by atoms with Gasteiger partial charge in [0.15, 0.2) is 0 Å². The van der Waals surface area contributed by atoms with Crippen LogP contribution < -0.4 is 21.4 Å². The zero-order valence-corrected chi connectivity index (χ0v) is 10.2. The van der Waals surface area contributed by atoms with Crippen LogP contribution in [0.15, 0.2) is 4.99 Å². The van der Waals surface area contributed by atoms with Gasteiger partial charge in [-0.15, -0.1) is 11.3 Å². The first-order valence-corrected chi connectivity index (χ1v) is 6.52. The van der Waals surface area contributed by atoms with E-state index in [1.807, 2.05) is 6.20 Å². The molecule has 0 aromatic carbocycles. The van der Waals surface area contributed by atoms with Crippen molar-refractivity contribution in [2.24, 2.45) is 10.7 Å². The minimum Gasteiger partial charge on any atom is -0.397 e. The van der Waals surface area contributed by atoms with E-state index in [-0.39, 0.29) is 6.17 Å². The summed E-state index contributed by atoms with van der Waals surface area (Å²) in [5, 5.41) is 0.863. The van der Waals surface area contributed by atoms with E-state index >= 15 is 0 Å². The zero-order valence-electron chi connectivity index (χ0n) is 9.35. The number of hydrogen-bond donors (Lipinski definition) is 2. The molecule has 1 amide bonds. The Morgan fingerprint density at radius 3 is 3.12 bits per heavy atom. The number of anilines is 1. The van der Waals surface area contributed by atoms with E-state index in [4.69, 9.17) is 11.5 Å². The van der Waals surface area contributed by atoms with Crippen LogP contribution in [0.4, 0.5) is 5.69 Å². The number of nitrogens with two attached hydrogens (primary N) is 2. The maximum atomic E-state index is 11.2. The number of amides is 1. The fourth-order valence-electron chi connectivity index (χ4n) is 2.37. The number of carbonyl (C=O) groups excluding carboxylic acids is 1. The Morgan fingerprint density at radius 2 is 2.35 bits per heavy atom. The molecule has 0 radical (unpaired) electrons. The maximum Gasteiger partial charge on any atom is 0.260 e. The quantitative estimate of drug-likeness (QED) is 0.712. The Hall–Kier alpha value is -1.56. The predicted molar refractivity (Wildman–Crippen MR) is 66.8 cm³/mol. The lowest BCUT2D eigenvalue weighted by molar-refractivity contribution is 0.100. The number of carbonyl (C=O) groups is 1. The van der Waals surface area contributed by atoms with Gasteiger partial charge in [0, 0.05) is 12.7 Å². The number of piperidine rings is 1. The van der Waals surface area contributed by atoms with E-state index in [0.29, 0.717) is 10.6 Å². The minimum absolute atomic E-state index is 0.218. The van der Waals surface area contributed by atoms with Crippen LogP contribution in [0.2, 0.25) is 0 Å². The smallest absolute Gasteiger partial charge is 0.260 e. The van der Waals surface area contributed by atoms with Crippen molar-refractivity contribution >= 4 is 29.1 Å². The summed E-state index contributed by atoms with van der Waals surface area (Å²) in [6.07, 6.45) is 5.71. The van der Waals surface area contributed by atoms with E-state index in [0.717, 1.165) is 22.9 Å². The van der Waals surface area contributed by atoms with Crippen LogP contribution in [-0.2, 0) is 0 Å². The Morgan fingerprint density at radius 1 is 1.53 bits per heavy atom. The van der Waals surface area contributed by atoms with Gasteiger partial charge in [0.05, 0.1) is 10.9 Å². The van der Waals surface area contributed by atoms with Gasteiger partial charge >= 0.3 is 0 Å². The maximum absolute atomic E-state index is 11.2. The van der Waals surface area contributed by atoms with Crippen molar-refractivity contribution in [3.63, 3.8) is 0 Å². The first kappa shape index (κ1) is 10.6. The molecule has 6 heteroatoms. The lowest BCUT2D eigenvalue weighted by Crippen LogP contribution is -2.43. The summed E-state index contributed by atoms with van der Waals surface area (Å²) in [6.45, 7) is 1.01. The summed E-state index contributed by atoms with van der Waals surface area (Å²) in [4.78, 5) is 18.5. The fourth-order valence-corrected chi connectivity index (χ4v) is 3.34. The molecule has 1 fully saturated rings. The molecule has 1 unspecified atom stereocenters. The van der Waals surface area contributed by atoms with Crippen molar-refractivity contribution in [1.82, 2.24) is 4.90 Å². The Balaban J connectivity index is 2.18. The van der Waals surface area contributed by atoms with E-state index in [9.17, 15) is 4.79 Å². The molecule has 5 nitrogen and oxygen atoms in total. The molecule has 1 saturated heterocycles. The van der Waals surface area contributed by atoms with Crippen molar-refractivity contribution in [3.8, 4) is 0 Å². The van der Waals surface area contributed by atoms with Gasteiger partial charge in [-0.05, 0) is 19.3 Å². The lowest BCUT2D eigenvalue weighted by Gasteiger charge is -2.33. The highest BCUT2D eigenvalue weighted by Crippen LogP contribution is 2.20. The minimum atomic E-state index is -0.469. The monoisotopic (exact) mass is 250 g/mol. The van der Waals surface area contributed by atoms with Crippen LogP contribution >= 0.6 is 11.3 Å². The van der Waals surface area contributed by atoms with Gasteiger partial charge in [-0.2, -0.15) is 0 Å². The number of nitrogens with zero attached hydrogens (tertiary/aromatic N) is 2. The second-order valence-electron chi connectivity index (χ2n) is 4.40. The highest BCUT2D eigenvalue weighted by Gasteiger charge is 2.23. The molecule has 0 aliphatic carbocycles. The van der Waals surface area contributed by atoms with Gasteiger partial charge in [-0.3, -0.25) is 4.79 Å². The van der Waals surface area contributed by atoms with Gasteiger partial charge in [0.25, 0.3) is 5.91 Å². The van der Waals surface area contributed by atoms with E-state index in [1.54, 1.807) is 0 Å². The molecule has 0 bridgehead atoms. The normalized spacial score (nSPS) is 22.1. The molecule has 3 heterocycles. The average Bonchev–Trinajstić information content (AvgIpc) is 2.64. The van der Waals surface area contributed by atoms with Gasteiger partial charge in [0.2, 0.25) is 0 Å². The molecule has 2 aliphatic rings. The van der Waals surface area contributed by atoms with E-state index in [1.165, 1.54) is 24.2 Å². The molecular weight excluding hydrogens is 236 g/mol. The Kier molecular flexibility index (Phi) is 2.32. The summed E-state index contributed by atoms with van der Waals surface area (Å²) >= 11 is 1.30. The second kappa shape index (κ2) is 3.73. The molecule has 2 aliphatic heterocycles. The highest BCUT2D eigenvalue weighted by atomic mass is 32.1. The Labute approximate surface area is 102 Å². The van der Waals surface area contributed by atoms with Crippen molar-refractivity contribution in [3.05, 3.63) is 14.8 Å². The van der Waals surface area contributed by atoms with Gasteiger partial charge in [-0.25, -0.2) is 4.99 Å². The van der Waals surface area contributed by atoms with E-state index < -0.39 is 5.91 Å². The fraction of sp³-hybridized carbons (Fsp3) is 0.455. The van der Waals surface area contributed by atoms with Crippen LogP contribution in [-0.4, -0.2) is 23.5 Å². The van der Waals surface area contributed by atoms with Crippen LogP contribution in [0.1, 0.15) is 28.9 Å². The molecule has 90 valence electrons. The van der Waals surface area contributed by atoms with Gasteiger partial charge < -0.3 is 16.4 Å². The molecule has 4 N–H and O–H groups in total. The second-order valence-corrected chi connectivity index (χ2v) is 5.40. The molecule has 3 rings (SSSR count). The average molecular weight is 250 g/mol. The number of nitrogen functional groups attached to an aromatic ring is 1. The van der Waals surface area contributed by atoms with Crippen molar-refractivity contribution in [2.75, 3.05) is 12.3 Å². The molecule has 1 aromatic rings. The largest absolute Gasteiger partial charge is 0.397 e. The lowest BCUT2D eigenvalue weighted by atomic mass is 10.1. The number of fused-ring (bicyclic) bond motifs is 2. The van der Waals surface area contributed by atoms with E-state index in [2.05, 4.69) is 9.89 Å². The summed E-state index contributed by atoms with van der Waals surface area (Å²) in [6, 6.07) is 0. The first-order chi connectivity index (χ1) is 8.16. The number of rotatable bonds is 1. The number of primary amides is 1. The third-order valence-corrected chi connectivity index (χ3v) is 4.40. The van der Waals surface area contributed by atoms with Gasteiger partial charge in [-0.1, -0.05) is 0 Å². The van der Waals surface area contributed by atoms with Crippen LogP contribution in [0, 0.1) is 0 Å².